The van der Waals surface area contributed by atoms with E-state index in [9.17, 15) is 9.50 Å². The number of aryl methyl sites for hydroxylation is 1. The summed E-state index contributed by atoms with van der Waals surface area (Å²) in [5.41, 5.74) is 1.91. The van der Waals surface area contributed by atoms with Crippen LogP contribution in [0.1, 0.15) is 22.8 Å². The number of halogens is 1. The van der Waals surface area contributed by atoms with Crippen molar-refractivity contribution in [2.75, 3.05) is 0 Å². The Morgan fingerprint density at radius 2 is 1.95 bits per heavy atom. The lowest BCUT2D eigenvalue weighted by atomic mass is 9.95. The van der Waals surface area contributed by atoms with Crippen LogP contribution in [0, 0.1) is 12.7 Å². The fourth-order valence-electron chi connectivity index (χ4n) is 2.43. The summed E-state index contributed by atoms with van der Waals surface area (Å²) in [6.45, 7) is 1.88. The first kappa shape index (κ1) is 12.8. The Hall–Kier alpha value is -2.26. The lowest BCUT2D eigenvalue weighted by molar-refractivity contribution is 0.216. The van der Waals surface area contributed by atoms with Crippen molar-refractivity contribution in [3.05, 3.63) is 77.4 Å². The van der Waals surface area contributed by atoms with Gasteiger partial charge in [0.15, 0.2) is 0 Å². The number of pyridine rings is 1. The summed E-state index contributed by atoms with van der Waals surface area (Å²) in [6, 6.07) is 12.2. The second-order valence-electron chi connectivity index (χ2n) is 4.87. The van der Waals surface area contributed by atoms with E-state index in [1.165, 1.54) is 6.07 Å². The van der Waals surface area contributed by atoms with E-state index in [-0.39, 0.29) is 0 Å². The van der Waals surface area contributed by atoms with E-state index >= 15 is 0 Å². The molecule has 0 radical (unpaired) electrons. The van der Waals surface area contributed by atoms with Crippen molar-refractivity contribution in [3.63, 3.8) is 0 Å². The predicted molar refractivity (Wildman–Crippen MR) is 76.9 cm³/mol. The van der Waals surface area contributed by atoms with Crippen molar-refractivity contribution < 1.29 is 9.50 Å². The number of aliphatic hydroxyl groups excluding tert-OH is 1. The van der Waals surface area contributed by atoms with Gasteiger partial charge in [0, 0.05) is 23.3 Å². The molecule has 0 aliphatic heterocycles. The van der Waals surface area contributed by atoms with Crippen molar-refractivity contribution in [3.8, 4) is 0 Å². The van der Waals surface area contributed by atoms with E-state index in [0.717, 1.165) is 16.3 Å². The lowest BCUT2D eigenvalue weighted by Gasteiger charge is -2.15. The molecule has 3 aromatic rings. The minimum atomic E-state index is -0.985. The Balaban J connectivity index is 2.17. The number of hydrogen-bond donors (Lipinski definition) is 1. The molecule has 1 heterocycles. The quantitative estimate of drug-likeness (QED) is 0.766. The smallest absolute Gasteiger partial charge is 0.129 e. The van der Waals surface area contributed by atoms with E-state index < -0.39 is 11.9 Å². The third kappa shape index (κ3) is 2.17. The highest BCUT2D eigenvalue weighted by Gasteiger charge is 2.17. The minimum Gasteiger partial charge on any atom is -0.384 e. The number of hydrogen-bond acceptors (Lipinski definition) is 2. The number of fused-ring (bicyclic) bond motifs is 1. The highest BCUT2D eigenvalue weighted by molar-refractivity contribution is 5.85. The van der Waals surface area contributed by atoms with Gasteiger partial charge < -0.3 is 5.11 Å². The predicted octanol–water partition coefficient (Wildman–Crippen LogP) is 3.76. The average molecular weight is 267 g/mol. The summed E-state index contributed by atoms with van der Waals surface area (Å²) in [6.07, 6.45) is 2.42. The van der Waals surface area contributed by atoms with Crippen LogP contribution >= 0.6 is 0 Å². The van der Waals surface area contributed by atoms with E-state index in [1.807, 2.05) is 31.2 Å². The molecule has 0 fully saturated rings. The van der Waals surface area contributed by atoms with Crippen LogP contribution in [0.5, 0.6) is 0 Å². The zero-order valence-corrected chi connectivity index (χ0v) is 11.0. The van der Waals surface area contributed by atoms with E-state index in [0.29, 0.717) is 11.1 Å². The van der Waals surface area contributed by atoms with Crippen LogP contribution in [0.4, 0.5) is 4.39 Å². The topological polar surface area (TPSA) is 33.1 Å². The molecule has 2 nitrogen and oxygen atoms in total. The molecule has 0 spiro atoms. The van der Waals surface area contributed by atoms with Gasteiger partial charge in [-0.1, -0.05) is 35.9 Å². The average Bonchev–Trinajstić information content (AvgIpc) is 2.48. The van der Waals surface area contributed by atoms with Crippen LogP contribution in [0.2, 0.25) is 0 Å². The maximum Gasteiger partial charge on any atom is 0.129 e. The molecule has 3 rings (SSSR count). The van der Waals surface area contributed by atoms with Crippen LogP contribution in [-0.4, -0.2) is 10.1 Å². The van der Waals surface area contributed by atoms with Gasteiger partial charge in [0.1, 0.15) is 11.9 Å². The Morgan fingerprint density at radius 1 is 1.10 bits per heavy atom. The molecule has 2 aromatic carbocycles. The van der Waals surface area contributed by atoms with E-state index in [4.69, 9.17) is 0 Å². The molecular formula is C17H14FNO. The van der Waals surface area contributed by atoms with E-state index in [2.05, 4.69) is 4.98 Å². The van der Waals surface area contributed by atoms with Gasteiger partial charge in [-0.2, -0.15) is 0 Å². The van der Waals surface area contributed by atoms with Gasteiger partial charge in [-0.15, -0.1) is 0 Å². The van der Waals surface area contributed by atoms with Gasteiger partial charge in [-0.05, 0) is 30.0 Å². The third-order valence-electron chi connectivity index (χ3n) is 3.46. The van der Waals surface area contributed by atoms with Crippen molar-refractivity contribution in [2.24, 2.45) is 0 Å². The van der Waals surface area contributed by atoms with Gasteiger partial charge in [0.2, 0.25) is 0 Å². The normalized spacial score (nSPS) is 12.6. The molecule has 1 aromatic heterocycles. The van der Waals surface area contributed by atoms with Gasteiger partial charge in [0.25, 0.3) is 0 Å². The number of nitrogens with zero attached hydrogens (tertiary/aromatic N) is 1. The number of aliphatic hydroxyl groups is 1. The molecule has 0 bridgehead atoms. The summed E-state index contributed by atoms with van der Waals surface area (Å²) >= 11 is 0. The van der Waals surface area contributed by atoms with Gasteiger partial charge >= 0.3 is 0 Å². The second-order valence-corrected chi connectivity index (χ2v) is 4.87. The van der Waals surface area contributed by atoms with Crippen LogP contribution in [0.15, 0.2) is 54.9 Å². The number of aromatic nitrogens is 1. The Kier molecular flexibility index (Phi) is 3.20. The molecule has 1 N–H and O–H groups in total. The molecule has 1 atom stereocenters. The zero-order chi connectivity index (χ0) is 14.1. The summed E-state index contributed by atoms with van der Waals surface area (Å²) in [7, 11) is 0. The SMILES string of the molecule is Cc1ccc(F)c(C(O)c2cccc3cnccc23)c1. The first-order valence-corrected chi connectivity index (χ1v) is 6.43. The van der Waals surface area contributed by atoms with Gasteiger partial charge in [-0.3, -0.25) is 4.98 Å². The molecule has 0 aliphatic rings. The fourth-order valence-corrected chi connectivity index (χ4v) is 2.43. The zero-order valence-electron chi connectivity index (χ0n) is 11.0. The van der Waals surface area contributed by atoms with Crippen molar-refractivity contribution in [1.82, 2.24) is 4.98 Å². The molecule has 3 heteroatoms. The molecule has 20 heavy (non-hydrogen) atoms. The van der Waals surface area contributed by atoms with Crippen LogP contribution < -0.4 is 0 Å². The fraction of sp³-hybridized carbons (Fsp3) is 0.118. The highest BCUT2D eigenvalue weighted by Crippen LogP contribution is 2.30. The van der Waals surface area contributed by atoms with Crippen LogP contribution in [0.3, 0.4) is 0 Å². The molecule has 1 unspecified atom stereocenters. The lowest BCUT2D eigenvalue weighted by Crippen LogP contribution is -2.04. The molecule has 0 saturated carbocycles. The monoisotopic (exact) mass is 267 g/mol. The van der Waals surface area contributed by atoms with E-state index in [1.54, 1.807) is 24.5 Å². The van der Waals surface area contributed by atoms with Crippen molar-refractivity contribution in [1.29, 1.82) is 0 Å². The minimum absolute atomic E-state index is 0.300. The Morgan fingerprint density at radius 3 is 2.80 bits per heavy atom. The molecule has 0 aliphatic carbocycles. The van der Waals surface area contributed by atoms with Gasteiger partial charge in [-0.25, -0.2) is 4.39 Å². The standard InChI is InChI=1S/C17H14FNO/c1-11-5-6-16(18)15(9-11)17(20)14-4-2-3-12-10-19-8-7-13(12)14/h2-10,17,20H,1H3. The number of rotatable bonds is 2. The summed E-state index contributed by atoms with van der Waals surface area (Å²) in [5.74, 6) is -0.394. The summed E-state index contributed by atoms with van der Waals surface area (Å²) < 4.78 is 13.9. The van der Waals surface area contributed by atoms with Crippen LogP contribution in [-0.2, 0) is 0 Å². The number of benzene rings is 2. The van der Waals surface area contributed by atoms with Crippen molar-refractivity contribution >= 4 is 10.8 Å². The second kappa shape index (κ2) is 5.02. The van der Waals surface area contributed by atoms with Crippen molar-refractivity contribution in [2.45, 2.75) is 13.0 Å². The maximum atomic E-state index is 13.9. The first-order valence-electron chi connectivity index (χ1n) is 6.43. The third-order valence-corrected chi connectivity index (χ3v) is 3.46. The van der Waals surface area contributed by atoms with Gasteiger partial charge in [0.05, 0.1) is 0 Å². The van der Waals surface area contributed by atoms with Crippen LogP contribution in [0.25, 0.3) is 10.8 Å². The molecule has 100 valence electrons. The Bertz CT molecular complexity index is 765. The largest absolute Gasteiger partial charge is 0.384 e. The molecular weight excluding hydrogens is 253 g/mol. The maximum absolute atomic E-state index is 13.9. The first-order chi connectivity index (χ1) is 9.66. The molecule has 0 amide bonds. The highest BCUT2D eigenvalue weighted by atomic mass is 19.1. The Labute approximate surface area is 116 Å². The summed E-state index contributed by atoms with van der Waals surface area (Å²) in [5, 5.41) is 12.3. The summed E-state index contributed by atoms with van der Waals surface area (Å²) in [4.78, 5) is 4.06. The molecule has 0 saturated heterocycles.